The van der Waals surface area contributed by atoms with Crippen molar-refractivity contribution in [2.24, 2.45) is 29.1 Å². The molecule has 16 heteroatoms. The van der Waals surface area contributed by atoms with E-state index in [0.29, 0.717) is 39.3 Å². The second-order valence-corrected chi connectivity index (χ2v) is 25.2. The Kier molecular flexibility index (Phi) is 35.6. The Labute approximate surface area is 304 Å². The van der Waals surface area contributed by atoms with E-state index in [0.717, 1.165) is 49.8 Å². The average molecular weight is 746 g/mol. The number of hydrogen-bond acceptors (Lipinski definition) is 11. The molecule has 0 aromatic heterocycles. The second kappa shape index (κ2) is 33.1. The average Bonchev–Trinajstić information content (AvgIpc) is 3.03. The van der Waals surface area contributed by atoms with E-state index in [4.69, 9.17) is 25.7 Å². The van der Waals surface area contributed by atoms with Crippen molar-refractivity contribution in [1.82, 2.24) is 10.6 Å². The summed E-state index contributed by atoms with van der Waals surface area (Å²) in [5.41, 5.74) is 12.0. The van der Waals surface area contributed by atoms with Crippen LogP contribution in [0.3, 0.4) is 0 Å². The summed E-state index contributed by atoms with van der Waals surface area (Å²) in [7, 11) is -2.31. The highest BCUT2D eigenvalue weighted by Crippen LogP contribution is 2.14. The smallest absolute Gasteiger partial charge is 0.407 e. The molecule has 292 valence electrons. The Morgan fingerprint density at radius 3 is 1.68 bits per heavy atom. The number of hydrazine groups is 1. The van der Waals surface area contributed by atoms with Gasteiger partial charge in [0.05, 0.1) is 31.6 Å². The molecule has 0 aliphatic rings. The number of unbranched alkanes of at least 4 members (excludes halogenated alkanes) is 2. The molecule has 0 aliphatic heterocycles. The predicted molar refractivity (Wildman–Crippen MR) is 208 cm³/mol. The summed E-state index contributed by atoms with van der Waals surface area (Å²) in [4.78, 5) is 34.8. The highest BCUT2D eigenvalue weighted by molar-refractivity contribution is 6.76. The van der Waals surface area contributed by atoms with Crippen LogP contribution in [0.5, 0.6) is 0 Å². The minimum Gasteiger partial charge on any atom is -0.461 e. The molecule has 0 radical (unpaired) electrons. The first-order valence-electron chi connectivity index (χ1n) is 16.8. The monoisotopic (exact) mass is 745 g/mol. The van der Waals surface area contributed by atoms with Crippen LogP contribution in [0.4, 0.5) is 9.59 Å². The molecule has 0 unspecified atom stereocenters. The summed E-state index contributed by atoms with van der Waals surface area (Å²) in [5.74, 6) is 7.27. The first-order chi connectivity index (χ1) is 22.6. The van der Waals surface area contributed by atoms with Crippen molar-refractivity contribution >= 4 is 34.3 Å². The van der Waals surface area contributed by atoms with Crippen molar-refractivity contribution in [3.05, 3.63) is 35.9 Å². The third kappa shape index (κ3) is 37.8. The van der Waals surface area contributed by atoms with E-state index < -0.39 is 16.1 Å². The summed E-state index contributed by atoms with van der Waals surface area (Å²) in [6, 6.07) is 13.6. The summed E-state index contributed by atoms with van der Waals surface area (Å²) in [5, 5.41) is 14.7. The van der Waals surface area contributed by atoms with E-state index in [-0.39, 0.29) is 56.0 Å². The second-order valence-electron chi connectivity index (χ2n) is 13.9. The van der Waals surface area contributed by atoms with Crippen LogP contribution in [0.1, 0.15) is 57.9 Å². The van der Waals surface area contributed by atoms with Gasteiger partial charge in [0, 0.05) is 41.8 Å². The molecule has 50 heavy (non-hydrogen) atoms. The fraction of sp³-hybridized carbons (Fsp3) is 0.706. The third-order valence-corrected chi connectivity index (χ3v) is 10.2. The van der Waals surface area contributed by atoms with Crippen LogP contribution in [-0.2, 0) is 25.6 Å². The SMILES string of the molecule is C.C[Si](C)(C)CCOC(=O)NCCCC[C@@H](C#N)CC(=O)OCc1ccccc1.C[Si](C)(C)CCOC(=O)NCCCC[C@H](N)CN.NN.O. The van der Waals surface area contributed by atoms with Gasteiger partial charge in [0.15, 0.2) is 0 Å². The summed E-state index contributed by atoms with van der Waals surface area (Å²) in [6.07, 6.45) is 4.28. The molecule has 1 aromatic carbocycles. The van der Waals surface area contributed by atoms with Gasteiger partial charge in [0.25, 0.3) is 0 Å². The highest BCUT2D eigenvalue weighted by Gasteiger charge is 2.16. The van der Waals surface area contributed by atoms with Crippen LogP contribution < -0.4 is 33.8 Å². The lowest BCUT2D eigenvalue weighted by Gasteiger charge is -2.15. The summed E-state index contributed by atoms with van der Waals surface area (Å²) < 4.78 is 15.5. The van der Waals surface area contributed by atoms with E-state index in [1.807, 2.05) is 30.3 Å². The number of hydrogen-bond donors (Lipinski definition) is 6. The Morgan fingerprint density at radius 2 is 1.26 bits per heavy atom. The number of nitriles is 1. The maximum Gasteiger partial charge on any atom is 0.407 e. The van der Waals surface area contributed by atoms with Gasteiger partial charge in [-0.2, -0.15) is 5.26 Å². The zero-order valence-corrected chi connectivity index (χ0v) is 32.9. The number of amides is 2. The molecule has 1 rings (SSSR count). The normalized spacial score (nSPS) is 11.5. The molecular formula is C34H71N7O7Si2. The van der Waals surface area contributed by atoms with Crippen molar-refractivity contribution in [2.45, 2.75) is 116 Å². The maximum atomic E-state index is 11.9. The third-order valence-electron chi connectivity index (χ3n) is 6.83. The standard InChI is InChI=1S/C21H32N2O4Si.C12H29N3O2Si.CH4.H4N2.H2O/c1-28(2,3)14-13-26-21(25)23-12-8-7-11-19(16-22)15-20(24)27-17-18-9-5-4-6-10-18;1-18(2,3)9-8-17-12(16)15-7-5-4-6-11(14)10-13;;1-2;/h4-6,9-10,19H,7-8,11-15,17H2,1-3H3,(H,23,25);11H,4-10,13-14H2,1-3H3,(H,15,16);1H4;1-2H2;1H2/t19-;11-;;;/m10.../s1. The maximum absolute atomic E-state index is 11.9. The van der Waals surface area contributed by atoms with E-state index in [2.05, 4.69) is 67.7 Å². The number of ether oxygens (including phenoxy) is 3. The zero-order valence-electron chi connectivity index (χ0n) is 30.9. The highest BCUT2D eigenvalue weighted by atomic mass is 28.3. The molecule has 0 bridgehead atoms. The number of benzene rings is 1. The molecule has 1 aromatic rings. The molecule has 0 spiro atoms. The van der Waals surface area contributed by atoms with Crippen molar-refractivity contribution in [3.8, 4) is 6.07 Å². The molecule has 12 N–H and O–H groups in total. The number of esters is 1. The first-order valence-corrected chi connectivity index (χ1v) is 24.3. The van der Waals surface area contributed by atoms with E-state index >= 15 is 0 Å². The van der Waals surface area contributed by atoms with Gasteiger partial charge in [-0.1, -0.05) is 89.9 Å². The van der Waals surface area contributed by atoms with Crippen molar-refractivity contribution in [1.29, 1.82) is 5.26 Å². The van der Waals surface area contributed by atoms with Gasteiger partial charge >= 0.3 is 18.2 Å². The summed E-state index contributed by atoms with van der Waals surface area (Å²) in [6.45, 7) is 16.4. The number of nitrogens with one attached hydrogen (secondary N) is 2. The number of alkyl carbamates (subject to hydrolysis) is 2. The number of carbonyl (C=O) groups excluding carboxylic acids is 3. The van der Waals surface area contributed by atoms with Gasteiger partial charge in [0.1, 0.15) is 6.61 Å². The number of carbonyl (C=O) groups is 3. The van der Waals surface area contributed by atoms with Crippen molar-refractivity contribution < 1.29 is 34.1 Å². The van der Waals surface area contributed by atoms with Gasteiger partial charge < -0.3 is 41.8 Å². The first kappa shape index (κ1) is 53.7. The number of rotatable bonds is 21. The van der Waals surface area contributed by atoms with Crippen LogP contribution in [0, 0.1) is 17.2 Å². The van der Waals surface area contributed by atoms with E-state index in [1.165, 1.54) is 0 Å². The molecule has 0 saturated carbocycles. The molecule has 0 saturated heterocycles. The Hall–Kier alpha value is -3.05. The largest absolute Gasteiger partial charge is 0.461 e. The van der Waals surface area contributed by atoms with Crippen molar-refractivity contribution in [3.63, 3.8) is 0 Å². The molecule has 14 nitrogen and oxygen atoms in total. The molecular weight excluding hydrogens is 675 g/mol. The van der Waals surface area contributed by atoms with Crippen LogP contribution >= 0.6 is 0 Å². The van der Waals surface area contributed by atoms with Gasteiger partial charge in [-0.3, -0.25) is 16.5 Å². The molecule has 0 aliphatic carbocycles. The van der Waals surface area contributed by atoms with Crippen LogP contribution in [0.2, 0.25) is 51.4 Å². The minimum atomic E-state index is -1.20. The quantitative estimate of drug-likeness (QED) is 0.0252. The van der Waals surface area contributed by atoms with Gasteiger partial charge in [-0.15, -0.1) is 0 Å². The minimum absolute atomic E-state index is 0. The number of nitrogens with zero attached hydrogens (tertiary/aromatic N) is 1. The van der Waals surface area contributed by atoms with Crippen LogP contribution in [0.15, 0.2) is 30.3 Å². The van der Waals surface area contributed by atoms with E-state index in [1.54, 1.807) is 0 Å². The van der Waals surface area contributed by atoms with E-state index in [9.17, 15) is 19.6 Å². The Balaban J connectivity index is -0.000000420. The predicted octanol–water partition coefficient (Wildman–Crippen LogP) is 4.63. The lowest BCUT2D eigenvalue weighted by atomic mass is 10.00. The molecule has 2 atom stereocenters. The fourth-order valence-corrected chi connectivity index (χ4v) is 5.19. The summed E-state index contributed by atoms with van der Waals surface area (Å²) >= 11 is 0. The zero-order chi connectivity index (χ0) is 36.8. The lowest BCUT2D eigenvalue weighted by Crippen LogP contribution is -2.30. The fourth-order valence-electron chi connectivity index (χ4n) is 3.76. The van der Waals surface area contributed by atoms with Gasteiger partial charge in [0.2, 0.25) is 0 Å². The lowest BCUT2D eigenvalue weighted by molar-refractivity contribution is -0.145. The Bertz CT molecular complexity index is 1020. The molecule has 0 fully saturated rings. The van der Waals surface area contributed by atoms with Crippen molar-refractivity contribution in [2.75, 3.05) is 32.8 Å². The topological polar surface area (TPSA) is 262 Å². The van der Waals surface area contributed by atoms with Gasteiger partial charge in [-0.25, -0.2) is 9.59 Å². The van der Waals surface area contributed by atoms with Crippen LogP contribution in [0.25, 0.3) is 0 Å². The molecule has 0 heterocycles. The molecule has 2 amide bonds. The number of nitrogens with two attached hydrogens (primary N) is 4. The van der Waals surface area contributed by atoms with Crippen LogP contribution in [-0.4, -0.2) is 78.7 Å². The Morgan fingerprint density at radius 1 is 0.800 bits per heavy atom. The van der Waals surface area contributed by atoms with Gasteiger partial charge in [-0.05, 0) is 43.3 Å².